The van der Waals surface area contributed by atoms with Crippen molar-refractivity contribution in [3.05, 3.63) is 64.7 Å². The Kier molecular flexibility index (Phi) is 5.10. The number of aliphatic hydroxyl groups is 2. The molecule has 33 heavy (non-hydrogen) atoms. The number of hydrogen-bond acceptors (Lipinski definition) is 6. The van der Waals surface area contributed by atoms with Gasteiger partial charge in [-0.1, -0.05) is 30.3 Å². The van der Waals surface area contributed by atoms with Crippen LogP contribution in [0, 0.1) is 0 Å². The summed E-state index contributed by atoms with van der Waals surface area (Å²) in [6, 6.07) is 7.76. The van der Waals surface area contributed by atoms with Crippen molar-refractivity contribution in [2.45, 2.75) is 24.0 Å². The van der Waals surface area contributed by atoms with Crippen LogP contribution in [-0.4, -0.2) is 52.8 Å². The number of urea groups is 1. The maximum atomic E-state index is 12.9. The number of halogens is 3. The molecule has 4 N–H and O–H groups in total. The number of amides is 4. The Bertz CT molecular complexity index is 1150. The van der Waals surface area contributed by atoms with Crippen molar-refractivity contribution in [1.29, 1.82) is 0 Å². The van der Waals surface area contributed by atoms with E-state index in [0.29, 0.717) is 16.9 Å². The molecule has 9 nitrogen and oxygen atoms in total. The molecule has 0 bridgehead atoms. The average Bonchev–Trinajstić information content (AvgIpc) is 3.22. The number of imide groups is 1. The van der Waals surface area contributed by atoms with Crippen molar-refractivity contribution in [2.75, 3.05) is 13.7 Å². The first-order valence-electron chi connectivity index (χ1n) is 9.61. The number of rotatable bonds is 5. The predicted octanol–water partition coefficient (Wildman–Crippen LogP) is 1.09. The lowest BCUT2D eigenvalue weighted by Crippen LogP contribution is -2.52. The highest BCUT2D eigenvalue weighted by Crippen LogP contribution is 2.38. The van der Waals surface area contributed by atoms with Crippen molar-refractivity contribution in [3.63, 3.8) is 0 Å². The molecule has 0 aromatic heterocycles. The molecular formula is C21H18F3N3O6. The van der Waals surface area contributed by atoms with Crippen molar-refractivity contribution in [1.82, 2.24) is 15.5 Å². The van der Waals surface area contributed by atoms with E-state index in [1.165, 1.54) is 12.0 Å². The smallest absolute Gasteiger partial charge is 0.447 e. The number of carbonyl (C=O) groups is 3. The lowest BCUT2D eigenvalue weighted by molar-refractivity contribution is -0.358. The zero-order valence-corrected chi connectivity index (χ0v) is 17.1. The highest BCUT2D eigenvalue weighted by molar-refractivity contribution is 6.08. The summed E-state index contributed by atoms with van der Waals surface area (Å²) in [5.74, 6) is -4.87. The summed E-state index contributed by atoms with van der Waals surface area (Å²) >= 11 is 0. The largest absolute Gasteiger partial charge is 0.497 e. The average molecular weight is 465 g/mol. The fraction of sp³-hybridized carbons (Fsp3) is 0.286. The predicted molar refractivity (Wildman–Crippen MR) is 105 cm³/mol. The molecule has 2 aliphatic rings. The number of hydrogen-bond donors (Lipinski definition) is 4. The van der Waals surface area contributed by atoms with Crippen LogP contribution in [0.15, 0.2) is 42.5 Å². The summed E-state index contributed by atoms with van der Waals surface area (Å²) in [6.07, 6.45) is -5.36. The SMILES string of the molecule is COc1ccc2c(c1)C(=O)N(CC1(c3ccc(C(O)(O)C(F)(F)F)cc3)NC(=O)NC1=O)C2. The first-order valence-corrected chi connectivity index (χ1v) is 9.61. The number of fused-ring (bicyclic) bond motifs is 1. The zero-order chi connectivity index (χ0) is 24.2. The van der Waals surface area contributed by atoms with E-state index in [4.69, 9.17) is 4.74 Å². The van der Waals surface area contributed by atoms with E-state index in [9.17, 15) is 37.8 Å². The Balaban J connectivity index is 1.68. The second-order valence-electron chi connectivity index (χ2n) is 7.75. The van der Waals surface area contributed by atoms with E-state index in [0.717, 1.165) is 24.3 Å². The summed E-state index contributed by atoms with van der Waals surface area (Å²) in [4.78, 5) is 39.0. The topological polar surface area (TPSA) is 128 Å². The summed E-state index contributed by atoms with van der Waals surface area (Å²) in [6.45, 7) is -0.186. The number of alkyl halides is 3. The lowest BCUT2D eigenvalue weighted by Gasteiger charge is -2.32. The van der Waals surface area contributed by atoms with Crippen molar-refractivity contribution < 1.29 is 42.5 Å². The van der Waals surface area contributed by atoms with Gasteiger partial charge in [-0.2, -0.15) is 13.2 Å². The number of nitrogens with zero attached hydrogens (tertiary/aromatic N) is 1. The van der Waals surface area contributed by atoms with E-state index in [1.54, 1.807) is 18.2 Å². The van der Waals surface area contributed by atoms with Gasteiger partial charge in [0, 0.05) is 17.7 Å². The van der Waals surface area contributed by atoms with E-state index in [-0.39, 0.29) is 18.7 Å². The fourth-order valence-electron chi connectivity index (χ4n) is 3.93. The lowest BCUT2D eigenvalue weighted by atomic mass is 9.87. The summed E-state index contributed by atoms with van der Waals surface area (Å²) in [5.41, 5.74) is -1.60. The van der Waals surface area contributed by atoms with Gasteiger partial charge in [0.05, 0.1) is 13.7 Å². The zero-order valence-electron chi connectivity index (χ0n) is 17.1. The number of methoxy groups -OCH3 is 1. The molecule has 2 aliphatic heterocycles. The van der Waals surface area contributed by atoms with Crippen LogP contribution in [0.4, 0.5) is 18.0 Å². The maximum absolute atomic E-state index is 12.9. The second-order valence-corrected chi connectivity index (χ2v) is 7.75. The summed E-state index contributed by atoms with van der Waals surface area (Å²) in [7, 11) is 1.45. The Hall–Kier alpha value is -3.64. The molecule has 0 spiro atoms. The Morgan fingerprint density at radius 1 is 1.09 bits per heavy atom. The van der Waals surface area contributed by atoms with Gasteiger partial charge in [-0.15, -0.1) is 0 Å². The van der Waals surface area contributed by atoms with Crippen LogP contribution in [0.25, 0.3) is 0 Å². The van der Waals surface area contributed by atoms with Gasteiger partial charge in [-0.25, -0.2) is 4.79 Å². The van der Waals surface area contributed by atoms with Crippen molar-refractivity contribution in [3.8, 4) is 5.75 Å². The molecule has 4 rings (SSSR count). The van der Waals surface area contributed by atoms with Crippen LogP contribution in [0.5, 0.6) is 5.75 Å². The highest BCUT2D eigenvalue weighted by atomic mass is 19.4. The number of ether oxygens (including phenoxy) is 1. The molecule has 0 aliphatic carbocycles. The molecule has 1 fully saturated rings. The minimum atomic E-state index is -5.36. The number of nitrogens with one attached hydrogen (secondary N) is 2. The summed E-state index contributed by atoms with van der Waals surface area (Å²) in [5, 5.41) is 23.5. The third-order valence-corrected chi connectivity index (χ3v) is 5.74. The van der Waals surface area contributed by atoms with E-state index in [1.807, 2.05) is 0 Å². The van der Waals surface area contributed by atoms with Gasteiger partial charge in [0.25, 0.3) is 17.6 Å². The van der Waals surface area contributed by atoms with Gasteiger partial charge in [0.2, 0.25) is 0 Å². The molecule has 0 saturated carbocycles. The maximum Gasteiger partial charge on any atom is 0.447 e. The fourth-order valence-corrected chi connectivity index (χ4v) is 3.93. The van der Waals surface area contributed by atoms with Gasteiger partial charge < -0.3 is 25.2 Å². The van der Waals surface area contributed by atoms with Crippen LogP contribution in [0.1, 0.15) is 27.0 Å². The van der Waals surface area contributed by atoms with Crippen molar-refractivity contribution in [2.24, 2.45) is 0 Å². The Morgan fingerprint density at radius 3 is 2.30 bits per heavy atom. The molecule has 0 radical (unpaired) electrons. The molecule has 1 saturated heterocycles. The van der Waals surface area contributed by atoms with Gasteiger partial charge in [-0.05, 0) is 23.3 Å². The van der Waals surface area contributed by atoms with Crippen LogP contribution in [0.2, 0.25) is 0 Å². The van der Waals surface area contributed by atoms with Gasteiger partial charge in [-0.3, -0.25) is 14.9 Å². The molecule has 12 heteroatoms. The molecule has 174 valence electrons. The van der Waals surface area contributed by atoms with Crippen LogP contribution >= 0.6 is 0 Å². The monoisotopic (exact) mass is 465 g/mol. The standard InChI is InChI=1S/C21H18F3N3O6/c1-33-14-7-2-11-9-27(16(28)15(11)8-14)10-19(17(29)25-18(30)26-19)12-3-5-13(6-4-12)20(31,32)21(22,23)24/h2-8,31-32H,9-10H2,1H3,(H2,25,26,29,30). The first-order chi connectivity index (χ1) is 15.4. The van der Waals surface area contributed by atoms with Gasteiger partial charge >= 0.3 is 12.2 Å². The molecule has 2 aromatic carbocycles. The number of carbonyl (C=O) groups excluding carboxylic acids is 3. The van der Waals surface area contributed by atoms with Gasteiger partial charge in [0.1, 0.15) is 5.75 Å². The highest BCUT2D eigenvalue weighted by Gasteiger charge is 2.55. The van der Waals surface area contributed by atoms with E-state index >= 15 is 0 Å². The molecule has 2 aromatic rings. The van der Waals surface area contributed by atoms with Crippen molar-refractivity contribution >= 4 is 17.8 Å². The summed E-state index contributed by atoms with van der Waals surface area (Å²) < 4.78 is 43.9. The molecule has 4 amide bonds. The second kappa shape index (κ2) is 7.46. The third kappa shape index (κ3) is 3.56. The molecule has 1 atom stereocenters. The van der Waals surface area contributed by atoms with Crippen LogP contribution in [-0.2, 0) is 22.7 Å². The molecule has 1 unspecified atom stereocenters. The molecular weight excluding hydrogens is 447 g/mol. The minimum Gasteiger partial charge on any atom is -0.497 e. The number of benzene rings is 2. The van der Waals surface area contributed by atoms with Crippen LogP contribution < -0.4 is 15.4 Å². The quantitative estimate of drug-likeness (QED) is 0.387. The van der Waals surface area contributed by atoms with Crippen LogP contribution in [0.3, 0.4) is 0 Å². The van der Waals surface area contributed by atoms with E-state index < -0.39 is 40.9 Å². The minimum absolute atomic E-state index is 0.0499. The normalized spacial score (nSPS) is 20.5. The Morgan fingerprint density at radius 2 is 1.76 bits per heavy atom. The van der Waals surface area contributed by atoms with Gasteiger partial charge in [0.15, 0.2) is 5.54 Å². The first kappa shape index (κ1) is 22.6. The third-order valence-electron chi connectivity index (χ3n) is 5.74. The Labute approximate surface area is 184 Å². The van der Waals surface area contributed by atoms with E-state index in [2.05, 4.69) is 10.6 Å². The molecule has 2 heterocycles.